The molecule has 0 spiro atoms. The minimum atomic E-state index is -0.964. The van der Waals surface area contributed by atoms with Gasteiger partial charge >= 0.3 is 5.97 Å². The van der Waals surface area contributed by atoms with Gasteiger partial charge in [0.2, 0.25) is 5.91 Å². The topological polar surface area (TPSA) is 95.5 Å². The molecule has 0 heterocycles. The van der Waals surface area contributed by atoms with Gasteiger partial charge in [-0.25, -0.2) is 0 Å². The van der Waals surface area contributed by atoms with Crippen molar-refractivity contribution in [1.82, 2.24) is 5.32 Å². The summed E-state index contributed by atoms with van der Waals surface area (Å²) in [5.41, 5.74) is 0.910. The van der Waals surface area contributed by atoms with Crippen LogP contribution in [0.15, 0.2) is 24.3 Å². The van der Waals surface area contributed by atoms with Crippen molar-refractivity contribution in [2.45, 2.75) is 20.3 Å². The maximum atomic E-state index is 11.9. The third-order valence-electron chi connectivity index (χ3n) is 2.72. The van der Waals surface area contributed by atoms with Crippen LogP contribution in [0.1, 0.15) is 30.6 Å². The molecule has 1 aromatic carbocycles. The maximum absolute atomic E-state index is 11.9. The first-order chi connectivity index (χ1) is 9.43. The first-order valence-electron chi connectivity index (χ1n) is 6.35. The molecule has 6 nitrogen and oxygen atoms in total. The third-order valence-corrected chi connectivity index (χ3v) is 2.72. The summed E-state index contributed by atoms with van der Waals surface area (Å²) >= 11 is 0. The van der Waals surface area contributed by atoms with Crippen LogP contribution in [-0.4, -0.2) is 29.4 Å². The molecule has 1 atom stereocenters. The normalized spacial score (nSPS) is 11.5. The van der Waals surface area contributed by atoms with Gasteiger partial charge in [0.15, 0.2) is 0 Å². The molecule has 3 N–H and O–H groups in total. The largest absolute Gasteiger partial charge is 0.481 e. The predicted molar refractivity (Wildman–Crippen MR) is 74.5 cm³/mol. The monoisotopic (exact) mass is 278 g/mol. The molecule has 0 aliphatic carbocycles. The fourth-order valence-corrected chi connectivity index (χ4v) is 1.42. The van der Waals surface area contributed by atoms with Crippen molar-refractivity contribution in [3.8, 4) is 0 Å². The molecule has 1 aromatic rings. The van der Waals surface area contributed by atoms with Gasteiger partial charge in [-0.2, -0.15) is 0 Å². The SMILES string of the molecule is CCC(=O)Nc1cccc(C(=O)NCC(C)C(=O)O)c1. The molecule has 6 heteroatoms. The summed E-state index contributed by atoms with van der Waals surface area (Å²) in [7, 11) is 0. The summed E-state index contributed by atoms with van der Waals surface area (Å²) in [6.07, 6.45) is 0.354. The Morgan fingerprint density at radius 3 is 2.60 bits per heavy atom. The minimum Gasteiger partial charge on any atom is -0.481 e. The Labute approximate surface area is 117 Å². The molecular weight excluding hydrogens is 260 g/mol. The first kappa shape index (κ1) is 15.7. The summed E-state index contributed by atoms with van der Waals surface area (Å²) in [6.45, 7) is 3.30. The molecule has 0 fully saturated rings. The van der Waals surface area contributed by atoms with Gasteiger partial charge in [-0.3, -0.25) is 14.4 Å². The second-order valence-electron chi connectivity index (χ2n) is 4.43. The number of rotatable bonds is 6. The van der Waals surface area contributed by atoms with E-state index in [-0.39, 0.29) is 18.4 Å². The lowest BCUT2D eigenvalue weighted by atomic mass is 10.1. The summed E-state index contributed by atoms with van der Waals surface area (Å²) in [4.78, 5) is 33.8. The van der Waals surface area contributed by atoms with Gasteiger partial charge in [0.25, 0.3) is 5.91 Å². The van der Waals surface area contributed by atoms with E-state index in [0.29, 0.717) is 17.7 Å². The molecule has 1 unspecified atom stereocenters. The van der Waals surface area contributed by atoms with Gasteiger partial charge in [-0.1, -0.05) is 19.9 Å². The average molecular weight is 278 g/mol. The van der Waals surface area contributed by atoms with E-state index in [2.05, 4.69) is 10.6 Å². The number of amides is 2. The Kier molecular flexibility index (Phi) is 5.71. The highest BCUT2D eigenvalue weighted by molar-refractivity contribution is 5.97. The van der Waals surface area contributed by atoms with E-state index in [1.807, 2.05) is 0 Å². The molecule has 0 saturated carbocycles. The van der Waals surface area contributed by atoms with Crippen molar-refractivity contribution in [3.05, 3.63) is 29.8 Å². The second kappa shape index (κ2) is 7.28. The zero-order valence-corrected chi connectivity index (χ0v) is 11.5. The van der Waals surface area contributed by atoms with Crippen molar-refractivity contribution in [2.75, 3.05) is 11.9 Å². The van der Waals surface area contributed by atoms with Gasteiger partial charge in [0.05, 0.1) is 5.92 Å². The number of hydrogen-bond donors (Lipinski definition) is 3. The van der Waals surface area contributed by atoms with Crippen LogP contribution in [0.4, 0.5) is 5.69 Å². The van der Waals surface area contributed by atoms with Gasteiger partial charge in [-0.05, 0) is 18.2 Å². The number of carboxylic acids is 1. The summed E-state index contributed by atoms with van der Waals surface area (Å²) < 4.78 is 0. The number of benzene rings is 1. The van der Waals surface area contributed by atoms with Crippen molar-refractivity contribution in [2.24, 2.45) is 5.92 Å². The van der Waals surface area contributed by atoms with E-state index in [1.54, 1.807) is 31.2 Å². The van der Waals surface area contributed by atoms with Crippen molar-refractivity contribution >= 4 is 23.5 Å². The van der Waals surface area contributed by atoms with Gasteiger partial charge < -0.3 is 15.7 Å². The van der Waals surface area contributed by atoms with E-state index in [4.69, 9.17) is 5.11 Å². The first-order valence-corrected chi connectivity index (χ1v) is 6.35. The number of nitrogens with one attached hydrogen (secondary N) is 2. The van der Waals surface area contributed by atoms with E-state index >= 15 is 0 Å². The number of hydrogen-bond acceptors (Lipinski definition) is 3. The van der Waals surface area contributed by atoms with Crippen LogP contribution in [0.25, 0.3) is 0 Å². The van der Waals surface area contributed by atoms with Crippen LogP contribution >= 0.6 is 0 Å². The molecule has 0 aliphatic heterocycles. The number of aliphatic carboxylic acids is 1. The second-order valence-corrected chi connectivity index (χ2v) is 4.43. The van der Waals surface area contributed by atoms with Crippen LogP contribution in [0.2, 0.25) is 0 Å². The number of carboxylic acid groups (broad SMARTS) is 1. The molecule has 0 bridgehead atoms. The zero-order valence-electron chi connectivity index (χ0n) is 11.5. The fourth-order valence-electron chi connectivity index (χ4n) is 1.42. The summed E-state index contributed by atoms with van der Waals surface area (Å²) in [6, 6.07) is 6.49. The van der Waals surface area contributed by atoms with Gasteiger partial charge in [0, 0.05) is 24.2 Å². The molecule has 20 heavy (non-hydrogen) atoms. The Bertz CT molecular complexity index is 514. The lowest BCUT2D eigenvalue weighted by Crippen LogP contribution is -2.31. The molecule has 0 radical (unpaired) electrons. The van der Waals surface area contributed by atoms with Gasteiger partial charge in [0.1, 0.15) is 0 Å². The Hall–Kier alpha value is -2.37. The Morgan fingerprint density at radius 1 is 1.30 bits per heavy atom. The van der Waals surface area contributed by atoms with Crippen molar-refractivity contribution < 1.29 is 19.5 Å². The quantitative estimate of drug-likeness (QED) is 0.734. The molecule has 0 aliphatic rings. The van der Waals surface area contributed by atoms with Crippen LogP contribution in [0.3, 0.4) is 0 Å². The molecule has 108 valence electrons. The highest BCUT2D eigenvalue weighted by atomic mass is 16.4. The molecule has 0 aromatic heterocycles. The number of anilines is 1. The van der Waals surface area contributed by atoms with Crippen molar-refractivity contribution in [3.63, 3.8) is 0 Å². The number of carbonyl (C=O) groups is 3. The van der Waals surface area contributed by atoms with Crippen LogP contribution in [-0.2, 0) is 9.59 Å². The van der Waals surface area contributed by atoms with E-state index in [9.17, 15) is 14.4 Å². The molecular formula is C14H18N2O4. The van der Waals surface area contributed by atoms with Crippen LogP contribution < -0.4 is 10.6 Å². The van der Waals surface area contributed by atoms with Crippen molar-refractivity contribution in [1.29, 1.82) is 0 Å². The molecule has 0 saturated heterocycles. The van der Waals surface area contributed by atoms with E-state index in [1.165, 1.54) is 6.92 Å². The smallest absolute Gasteiger partial charge is 0.308 e. The summed E-state index contributed by atoms with van der Waals surface area (Å²) in [5, 5.41) is 13.9. The fraction of sp³-hybridized carbons (Fsp3) is 0.357. The number of carbonyl (C=O) groups excluding carboxylic acids is 2. The highest BCUT2D eigenvalue weighted by Crippen LogP contribution is 2.11. The highest BCUT2D eigenvalue weighted by Gasteiger charge is 2.13. The third kappa shape index (κ3) is 4.72. The van der Waals surface area contributed by atoms with Crippen LogP contribution in [0, 0.1) is 5.92 Å². The van der Waals surface area contributed by atoms with E-state index < -0.39 is 11.9 Å². The average Bonchev–Trinajstić information content (AvgIpc) is 2.44. The summed E-state index contributed by atoms with van der Waals surface area (Å²) in [5.74, 6) is -2.12. The van der Waals surface area contributed by atoms with Crippen LogP contribution in [0.5, 0.6) is 0 Å². The molecule has 2 amide bonds. The van der Waals surface area contributed by atoms with Gasteiger partial charge in [-0.15, -0.1) is 0 Å². The predicted octanol–water partition coefficient (Wildman–Crippen LogP) is 1.49. The molecule has 1 rings (SSSR count). The van der Waals surface area contributed by atoms with E-state index in [0.717, 1.165) is 0 Å². The standard InChI is InChI=1S/C14H18N2O4/c1-3-12(17)16-11-6-4-5-10(7-11)13(18)15-8-9(2)14(19)20/h4-7,9H,3,8H2,1-2H3,(H,15,18)(H,16,17)(H,19,20). The lowest BCUT2D eigenvalue weighted by molar-refractivity contribution is -0.140. The minimum absolute atomic E-state index is 0.0553. The zero-order chi connectivity index (χ0) is 15.1. The lowest BCUT2D eigenvalue weighted by Gasteiger charge is -2.09. The Balaban J connectivity index is 2.66. The maximum Gasteiger partial charge on any atom is 0.308 e. The Morgan fingerprint density at radius 2 is 2.00 bits per heavy atom.